The number of aliphatic carboxylic acids is 1. The second-order valence-electron chi connectivity index (χ2n) is 12.0. The lowest BCUT2D eigenvalue weighted by molar-refractivity contribution is -0.192. The Hall–Kier alpha value is -8.59. The van der Waals surface area contributed by atoms with Gasteiger partial charge in [-0.15, -0.1) is 0 Å². The second kappa shape index (κ2) is 21.4. The number of halogens is 4. The minimum atomic E-state index is -5.08. The van der Waals surface area contributed by atoms with Crippen molar-refractivity contribution in [2.45, 2.75) is 12.7 Å². The lowest BCUT2D eigenvalue weighted by Crippen LogP contribution is -2.21. The topological polar surface area (TPSA) is 274 Å². The Morgan fingerprint density at radius 2 is 1.11 bits per heavy atom. The van der Waals surface area contributed by atoms with E-state index < -0.39 is 12.1 Å². The van der Waals surface area contributed by atoms with Crippen LogP contribution in [0.2, 0.25) is 5.15 Å². The van der Waals surface area contributed by atoms with Crippen molar-refractivity contribution in [3.8, 4) is 41.1 Å². The normalized spacial score (nSPS) is 10.2. The van der Waals surface area contributed by atoms with Gasteiger partial charge in [0.05, 0.1) is 5.69 Å². The molecule has 0 spiro atoms. The number of nitriles is 2. The van der Waals surface area contributed by atoms with Crippen LogP contribution in [0.25, 0.3) is 32.7 Å². The molecule has 0 aliphatic carbocycles. The van der Waals surface area contributed by atoms with Gasteiger partial charge in [0, 0.05) is 76.0 Å². The van der Waals surface area contributed by atoms with Crippen LogP contribution in [0.3, 0.4) is 0 Å². The first-order valence-electron chi connectivity index (χ1n) is 17.5. The van der Waals surface area contributed by atoms with Crippen molar-refractivity contribution in [2.24, 2.45) is 5.73 Å². The molecule has 0 radical (unpaired) electrons. The average molecular weight is 863 g/mol. The quantitative estimate of drug-likeness (QED) is 0.0888. The summed E-state index contributed by atoms with van der Waals surface area (Å²) in [5.41, 5.74) is 10.0. The van der Waals surface area contributed by atoms with E-state index in [-0.39, 0.29) is 11.4 Å². The van der Waals surface area contributed by atoms with E-state index in [9.17, 15) is 13.2 Å². The van der Waals surface area contributed by atoms with Gasteiger partial charge in [-0.05, 0) is 72.8 Å². The summed E-state index contributed by atoms with van der Waals surface area (Å²) >= 11 is 5.42. The zero-order valence-electron chi connectivity index (χ0n) is 31.6. The number of carbonyl (C=O) groups is 1. The first-order valence-corrected chi connectivity index (χ1v) is 17.9. The van der Waals surface area contributed by atoms with Gasteiger partial charge in [0.1, 0.15) is 64.9 Å². The van der Waals surface area contributed by atoms with E-state index >= 15 is 0 Å². The van der Waals surface area contributed by atoms with E-state index in [1.165, 1.54) is 31.1 Å². The van der Waals surface area contributed by atoms with E-state index in [1.54, 1.807) is 18.2 Å². The summed E-state index contributed by atoms with van der Waals surface area (Å²) in [6.45, 7) is 0.371. The van der Waals surface area contributed by atoms with Crippen LogP contribution in [0.4, 0.5) is 13.2 Å². The molecule has 0 saturated carbocycles. The van der Waals surface area contributed by atoms with E-state index in [0.29, 0.717) is 35.0 Å². The standard InChI is InChI=1S/C13H12N4O.C13H8N4O.C8H7NO.C5H2ClN3.C2HF3O2/c2*14-7-10-6-13(17-8-16-10)18-11-1-2-12-9(5-11)3-4-15-12;10-7-1-2-8-6(5-7)3-4-9-8;6-5-1-4(2-7)8-3-9-5;3-2(4,5)1(6)7/h1-6,8,15H,7,14H2;1-6,8,15H;1-5,9-10H;1,3H;(H,6,7). The van der Waals surface area contributed by atoms with E-state index in [1.807, 2.05) is 91.4 Å². The number of nitrogens with zero attached hydrogens (tertiary/aromatic N) is 8. The Kier molecular flexibility index (Phi) is 15.4. The van der Waals surface area contributed by atoms with Crippen molar-refractivity contribution in [1.29, 1.82) is 10.5 Å². The third-order valence-electron chi connectivity index (χ3n) is 7.69. The zero-order valence-corrected chi connectivity index (χ0v) is 32.4. The molecule has 0 bridgehead atoms. The highest BCUT2D eigenvalue weighted by Gasteiger charge is 2.38. The minimum absolute atomic E-state index is 0.280. The maximum Gasteiger partial charge on any atom is 0.490 e. The fourth-order valence-electron chi connectivity index (χ4n) is 4.87. The predicted octanol–water partition coefficient (Wildman–Crippen LogP) is 8.34. The Bertz CT molecular complexity index is 2980. The van der Waals surface area contributed by atoms with Crippen LogP contribution in [0.5, 0.6) is 29.0 Å². The monoisotopic (exact) mass is 862 g/mol. The highest BCUT2D eigenvalue weighted by Crippen LogP contribution is 2.25. The molecule has 6 aromatic heterocycles. The summed E-state index contributed by atoms with van der Waals surface area (Å²) in [6.07, 6.45) is 4.54. The van der Waals surface area contributed by atoms with Crippen LogP contribution in [0.1, 0.15) is 17.1 Å². The van der Waals surface area contributed by atoms with Gasteiger partial charge in [-0.25, -0.2) is 34.7 Å². The summed E-state index contributed by atoms with van der Waals surface area (Å²) < 4.78 is 43.0. The number of phenolic OH excluding ortho intramolecular Hbond substituents is 1. The largest absolute Gasteiger partial charge is 0.508 e. The molecule has 6 heterocycles. The molecule has 21 heteroatoms. The molecule has 7 N–H and O–H groups in total. The lowest BCUT2D eigenvalue weighted by Gasteiger charge is -2.05. The van der Waals surface area contributed by atoms with Crippen LogP contribution in [0, 0.1) is 22.7 Å². The van der Waals surface area contributed by atoms with Crippen LogP contribution in [-0.2, 0) is 11.3 Å². The molecule has 312 valence electrons. The van der Waals surface area contributed by atoms with Crippen molar-refractivity contribution in [3.63, 3.8) is 0 Å². The summed E-state index contributed by atoms with van der Waals surface area (Å²) in [4.78, 5) is 41.2. The minimum Gasteiger partial charge on any atom is -0.508 e. The van der Waals surface area contributed by atoms with Crippen LogP contribution < -0.4 is 15.2 Å². The smallest absolute Gasteiger partial charge is 0.490 e. The number of aromatic nitrogens is 9. The highest BCUT2D eigenvalue weighted by atomic mass is 35.5. The van der Waals surface area contributed by atoms with Gasteiger partial charge < -0.3 is 40.4 Å². The molecule has 0 saturated heterocycles. The number of nitrogens with two attached hydrogens (primary N) is 1. The molecule has 9 rings (SSSR count). The highest BCUT2D eigenvalue weighted by molar-refractivity contribution is 6.29. The molecule has 0 atom stereocenters. The van der Waals surface area contributed by atoms with Gasteiger partial charge in [-0.2, -0.15) is 23.7 Å². The fourth-order valence-corrected chi connectivity index (χ4v) is 5.01. The van der Waals surface area contributed by atoms with Crippen molar-refractivity contribution in [1.82, 2.24) is 44.9 Å². The van der Waals surface area contributed by atoms with Gasteiger partial charge in [-0.3, -0.25) is 0 Å². The van der Waals surface area contributed by atoms with Crippen LogP contribution in [0.15, 0.2) is 129 Å². The maximum atomic E-state index is 10.6. The number of hydrogen-bond acceptors (Lipinski definition) is 13. The SMILES string of the molecule is N#Cc1cc(Cl)ncn1.N#Cc1cc(Oc2ccc3[nH]ccc3c2)ncn1.NCc1cc(Oc2ccc3[nH]ccc3c2)ncn1.O=C(O)C(F)(F)F.Oc1ccc2[nH]ccc2c1. The number of ether oxygens (including phenoxy) is 2. The number of aromatic hydroxyl groups is 1. The lowest BCUT2D eigenvalue weighted by atomic mass is 10.2. The number of carboxylic acid groups (broad SMARTS) is 1. The molecule has 0 unspecified atom stereocenters. The molecule has 17 nitrogen and oxygen atoms in total. The second-order valence-corrected chi connectivity index (χ2v) is 12.3. The third-order valence-corrected chi connectivity index (χ3v) is 7.89. The van der Waals surface area contributed by atoms with Gasteiger partial charge >= 0.3 is 12.1 Å². The Morgan fingerprint density at radius 3 is 1.58 bits per heavy atom. The van der Waals surface area contributed by atoms with Crippen molar-refractivity contribution in [3.05, 3.63) is 151 Å². The molecule has 0 aliphatic heterocycles. The number of benzene rings is 3. The van der Waals surface area contributed by atoms with Gasteiger partial charge in [0.2, 0.25) is 11.8 Å². The van der Waals surface area contributed by atoms with E-state index in [0.717, 1.165) is 44.2 Å². The summed E-state index contributed by atoms with van der Waals surface area (Å²) in [7, 11) is 0. The van der Waals surface area contributed by atoms with Crippen molar-refractivity contribution >= 4 is 50.3 Å². The number of phenols is 1. The first kappa shape index (κ1) is 44.5. The van der Waals surface area contributed by atoms with Crippen molar-refractivity contribution < 1.29 is 37.7 Å². The number of aromatic amines is 3. The van der Waals surface area contributed by atoms with Gasteiger partial charge in [0.15, 0.2) is 0 Å². The molecule has 9 aromatic rings. The molecule has 3 aromatic carbocycles. The van der Waals surface area contributed by atoms with Crippen LogP contribution >= 0.6 is 11.6 Å². The molecule has 0 aliphatic rings. The number of hydrogen-bond donors (Lipinski definition) is 6. The molecule has 0 amide bonds. The first-order chi connectivity index (χ1) is 29.8. The molecule has 0 fully saturated rings. The number of fused-ring (bicyclic) bond motifs is 3. The summed E-state index contributed by atoms with van der Waals surface area (Å²) in [6, 6.07) is 31.0. The molecular formula is C41H30ClF3N12O5. The average Bonchev–Trinajstić information content (AvgIpc) is 4.06. The number of nitrogens with one attached hydrogen (secondary N) is 3. The predicted molar refractivity (Wildman–Crippen MR) is 219 cm³/mol. The Morgan fingerprint density at radius 1 is 0.661 bits per heavy atom. The third kappa shape index (κ3) is 13.5. The van der Waals surface area contributed by atoms with Gasteiger partial charge in [0.25, 0.3) is 0 Å². The summed E-state index contributed by atoms with van der Waals surface area (Å²) in [5.74, 6) is -0.176. The Balaban J connectivity index is 0.000000154. The number of alkyl halides is 3. The van der Waals surface area contributed by atoms with Crippen molar-refractivity contribution in [2.75, 3.05) is 0 Å². The maximum absolute atomic E-state index is 10.6. The van der Waals surface area contributed by atoms with E-state index in [4.69, 9.17) is 52.3 Å². The molecular weight excluding hydrogens is 833 g/mol. The van der Waals surface area contributed by atoms with E-state index in [2.05, 4.69) is 44.9 Å². The number of H-pyrrole nitrogens is 3. The Labute approximate surface area is 352 Å². The molecule has 62 heavy (non-hydrogen) atoms. The summed E-state index contributed by atoms with van der Waals surface area (Å²) in [5, 5.41) is 36.7. The zero-order chi connectivity index (χ0) is 44.5. The van der Waals surface area contributed by atoms with Gasteiger partial charge in [-0.1, -0.05) is 11.6 Å². The van der Waals surface area contributed by atoms with Crippen LogP contribution in [-0.4, -0.2) is 67.2 Å². The number of carboxylic acids is 1. The number of rotatable bonds is 5. The fraction of sp³-hybridized carbons (Fsp3) is 0.0488.